The van der Waals surface area contributed by atoms with Crippen molar-refractivity contribution in [3.8, 4) is 5.75 Å². The Hall–Kier alpha value is -3.25. The van der Waals surface area contributed by atoms with E-state index in [2.05, 4.69) is 5.32 Å². The molecule has 1 heterocycles. The maximum absolute atomic E-state index is 15.3. The van der Waals surface area contributed by atoms with Crippen molar-refractivity contribution in [3.05, 3.63) is 102 Å². The number of hydrogen-bond donors (Lipinski definition) is 1. The molecule has 4 rings (SSSR count). The van der Waals surface area contributed by atoms with Gasteiger partial charge < -0.3 is 15.0 Å². The Bertz CT molecular complexity index is 1100. The number of rotatable bonds is 10. The minimum Gasteiger partial charge on any atom is -0.497 e. The highest BCUT2D eigenvalue weighted by Crippen LogP contribution is 2.40. The summed E-state index contributed by atoms with van der Waals surface area (Å²) >= 11 is 0. The van der Waals surface area contributed by atoms with E-state index in [0.29, 0.717) is 13.0 Å². The van der Waals surface area contributed by atoms with Crippen molar-refractivity contribution in [3.63, 3.8) is 0 Å². The van der Waals surface area contributed by atoms with Gasteiger partial charge in [-0.15, -0.1) is 0 Å². The second kappa shape index (κ2) is 10.8. The summed E-state index contributed by atoms with van der Waals surface area (Å²) in [7, 11) is 1.60. The first-order valence-corrected chi connectivity index (χ1v) is 12.3. The molecule has 6 heteroatoms. The number of carbonyl (C=O) groups excluding carboxylic acids is 1. The summed E-state index contributed by atoms with van der Waals surface area (Å²) in [6, 6.07) is 26.3. The van der Waals surface area contributed by atoms with Crippen molar-refractivity contribution in [2.45, 2.75) is 50.7 Å². The number of halogens is 2. The van der Waals surface area contributed by atoms with Crippen LogP contribution in [0.15, 0.2) is 84.9 Å². The van der Waals surface area contributed by atoms with Crippen molar-refractivity contribution >= 4 is 5.91 Å². The number of alkyl halides is 2. The van der Waals surface area contributed by atoms with E-state index < -0.39 is 30.3 Å². The average Bonchev–Trinajstić information content (AvgIpc) is 3.08. The van der Waals surface area contributed by atoms with Crippen LogP contribution in [-0.4, -0.2) is 35.9 Å². The number of nitrogens with zero attached hydrogens (tertiary/aromatic N) is 1. The minimum absolute atomic E-state index is 0.210. The fourth-order valence-electron chi connectivity index (χ4n) is 5.09. The van der Waals surface area contributed by atoms with E-state index >= 15 is 8.78 Å². The lowest BCUT2D eigenvalue weighted by Gasteiger charge is -2.31. The van der Waals surface area contributed by atoms with Crippen LogP contribution in [0.3, 0.4) is 0 Å². The monoisotopic (exact) mass is 492 g/mol. The highest BCUT2D eigenvalue weighted by molar-refractivity contribution is 5.82. The third-order valence-corrected chi connectivity index (χ3v) is 6.97. The number of carbonyl (C=O) groups is 1. The molecular formula is C30H34F2N2O2. The number of methoxy groups -OCH3 is 1. The number of nitrogens with one attached hydrogen (secondary N) is 1. The lowest BCUT2D eigenvalue weighted by molar-refractivity contribution is -0.136. The molecule has 36 heavy (non-hydrogen) atoms. The van der Waals surface area contributed by atoms with E-state index in [4.69, 9.17) is 4.74 Å². The number of likely N-dealkylation sites (tertiary alicyclic amines) is 1. The van der Waals surface area contributed by atoms with Crippen LogP contribution in [0.4, 0.5) is 8.78 Å². The van der Waals surface area contributed by atoms with Crippen molar-refractivity contribution < 1.29 is 18.3 Å². The molecule has 1 N–H and O–H groups in total. The second-order valence-electron chi connectivity index (χ2n) is 10.2. The van der Waals surface area contributed by atoms with Gasteiger partial charge in [-0.1, -0.05) is 72.8 Å². The Labute approximate surface area is 212 Å². The summed E-state index contributed by atoms with van der Waals surface area (Å²) in [5.41, 5.74) is 2.29. The van der Waals surface area contributed by atoms with Crippen LogP contribution < -0.4 is 10.1 Å². The largest absolute Gasteiger partial charge is 0.497 e. The molecule has 190 valence electrons. The third-order valence-electron chi connectivity index (χ3n) is 6.97. The zero-order valence-electron chi connectivity index (χ0n) is 21.1. The molecular weight excluding hydrogens is 458 g/mol. The highest BCUT2D eigenvalue weighted by Gasteiger charge is 2.48. The van der Waals surface area contributed by atoms with Crippen molar-refractivity contribution in [2.75, 3.05) is 13.7 Å². The molecule has 0 aromatic heterocycles. The Morgan fingerprint density at radius 3 is 2.06 bits per heavy atom. The normalized spacial score (nSPS) is 17.6. The van der Waals surface area contributed by atoms with Gasteiger partial charge in [0, 0.05) is 24.4 Å². The molecule has 0 radical (unpaired) electrons. The molecule has 1 fully saturated rings. The van der Waals surface area contributed by atoms with Gasteiger partial charge in [0.1, 0.15) is 5.75 Å². The zero-order chi connectivity index (χ0) is 25.8. The second-order valence-corrected chi connectivity index (χ2v) is 10.2. The molecule has 4 nitrogen and oxygen atoms in total. The molecule has 1 aliphatic heterocycles. The van der Waals surface area contributed by atoms with Crippen LogP contribution in [0.25, 0.3) is 0 Å². The standard InChI is InChI=1S/C30H34F2N2O2/c1-29(2)18-25(28(35)34(29)20-22-14-16-26(36-3)17-15-22)19-30(31,32)21-33-27(23-10-6-4-7-11-23)24-12-8-5-9-13-24/h4-17,25,27,33H,18-21H2,1-3H3. The van der Waals surface area contributed by atoms with E-state index in [1.165, 1.54) is 0 Å². The molecule has 3 aromatic carbocycles. The summed E-state index contributed by atoms with van der Waals surface area (Å²) in [6.45, 7) is 3.78. The minimum atomic E-state index is -3.03. The van der Waals surface area contributed by atoms with Gasteiger partial charge in [0.25, 0.3) is 5.92 Å². The smallest absolute Gasteiger partial charge is 0.261 e. The highest BCUT2D eigenvalue weighted by atomic mass is 19.3. The van der Waals surface area contributed by atoms with Crippen LogP contribution in [0, 0.1) is 5.92 Å². The molecule has 0 aliphatic carbocycles. The van der Waals surface area contributed by atoms with Gasteiger partial charge in [0.05, 0.1) is 19.7 Å². The van der Waals surface area contributed by atoms with Crippen LogP contribution in [0.2, 0.25) is 0 Å². The fraction of sp³-hybridized carbons (Fsp3) is 0.367. The molecule has 0 spiro atoms. The first kappa shape index (κ1) is 25.8. The van der Waals surface area contributed by atoms with Crippen molar-refractivity contribution in [2.24, 2.45) is 5.92 Å². The zero-order valence-corrected chi connectivity index (χ0v) is 21.1. The number of ether oxygens (including phenoxy) is 1. The fourth-order valence-corrected chi connectivity index (χ4v) is 5.09. The van der Waals surface area contributed by atoms with E-state index in [1.54, 1.807) is 12.0 Å². The first-order valence-electron chi connectivity index (χ1n) is 12.3. The van der Waals surface area contributed by atoms with Crippen LogP contribution >= 0.6 is 0 Å². The van der Waals surface area contributed by atoms with Gasteiger partial charge >= 0.3 is 0 Å². The van der Waals surface area contributed by atoms with Crippen molar-refractivity contribution in [1.29, 1.82) is 0 Å². The summed E-state index contributed by atoms with van der Waals surface area (Å²) in [5.74, 6) is -3.23. The SMILES string of the molecule is COc1ccc(CN2C(=O)C(CC(F)(F)CNC(c3ccccc3)c3ccccc3)CC2(C)C)cc1. The molecule has 1 saturated heterocycles. The maximum atomic E-state index is 15.3. The topological polar surface area (TPSA) is 41.6 Å². The van der Waals surface area contributed by atoms with E-state index in [-0.39, 0.29) is 11.9 Å². The molecule has 0 bridgehead atoms. The lowest BCUT2D eigenvalue weighted by atomic mass is 9.91. The Morgan fingerprint density at radius 1 is 0.972 bits per heavy atom. The predicted molar refractivity (Wildman–Crippen MR) is 138 cm³/mol. The van der Waals surface area contributed by atoms with Crippen LogP contribution in [0.5, 0.6) is 5.75 Å². The van der Waals surface area contributed by atoms with Gasteiger partial charge in [-0.05, 0) is 49.1 Å². The van der Waals surface area contributed by atoms with E-state index in [0.717, 1.165) is 22.4 Å². The molecule has 1 aliphatic rings. The summed E-state index contributed by atoms with van der Waals surface area (Å²) in [6.07, 6.45) is -0.0734. The number of benzene rings is 3. The Balaban J connectivity index is 1.43. The van der Waals surface area contributed by atoms with Crippen molar-refractivity contribution in [1.82, 2.24) is 10.2 Å². The average molecular weight is 493 g/mol. The van der Waals surface area contributed by atoms with Gasteiger partial charge in [-0.3, -0.25) is 4.79 Å². The van der Waals surface area contributed by atoms with Crippen LogP contribution in [0.1, 0.15) is 49.4 Å². The first-order chi connectivity index (χ1) is 17.2. The Kier molecular flexibility index (Phi) is 7.74. The summed E-state index contributed by atoms with van der Waals surface area (Å²) in [4.78, 5) is 15.0. The molecule has 3 aromatic rings. The third kappa shape index (κ3) is 6.11. The van der Waals surface area contributed by atoms with E-state index in [9.17, 15) is 4.79 Å². The van der Waals surface area contributed by atoms with Gasteiger partial charge in [0.2, 0.25) is 5.91 Å². The Morgan fingerprint density at radius 2 is 1.53 bits per heavy atom. The van der Waals surface area contributed by atoms with E-state index in [1.807, 2.05) is 98.8 Å². The molecule has 1 unspecified atom stereocenters. The quantitative estimate of drug-likeness (QED) is 0.365. The molecule has 1 atom stereocenters. The van der Waals surface area contributed by atoms with Gasteiger partial charge in [0.15, 0.2) is 0 Å². The molecule has 0 saturated carbocycles. The van der Waals surface area contributed by atoms with Crippen LogP contribution in [-0.2, 0) is 11.3 Å². The molecule has 1 amide bonds. The number of amides is 1. The number of hydrogen-bond acceptors (Lipinski definition) is 3. The maximum Gasteiger partial charge on any atom is 0.261 e. The summed E-state index contributed by atoms with van der Waals surface area (Å²) < 4.78 is 35.8. The van der Waals surface area contributed by atoms with Gasteiger partial charge in [-0.25, -0.2) is 8.78 Å². The lowest BCUT2D eigenvalue weighted by Crippen LogP contribution is -2.41. The van der Waals surface area contributed by atoms with Gasteiger partial charge in [-0.2, -0.15) is 0 Å². The summed E-state index contributed by atoms with van der Waals surface area (Å²) in [5, 5.41) is 3.08. The predicted octanol–water partition coefficient (Wildman–Crippen LogP) is 6.23.